The van der Waals surface area contributed by atoms with Gasteiger partial charge in [-0.15, -0.1) is 0 Å². The van der Waals surface area contributed by atoms with Crippen LogP contribution in [0, 0.1) is 11.2 Å². The molecular formula is C36H37FN2O5. The number of methoxy groups -OCH3 is 1. The first-order chi connectivity index (χ1) is 21.1. The fourth-order valence-corrected chi connectivity index (χ4v) is 4.68. The van der Waals surface area contributed by atoms with Crippen molar-refractivity contribution in [3.63, 3.8) is 0 Å². The van der Waals surface area contributed by atoms with Gasteiger partial charge in [-0.2, -0.15) is 0 Å². The molecule has 0 spiro atoms. The highest BCUT2D eigenvalue weighted by molar-refractivity contribution is 6.12. The molecular weight excluding hydrogens is 559 g/mol. The molecule has 4 aromatic carbocycles. The summed E-state index contributed by atoms with van der Waals surface area (Å²) in [6.45, 7) is 5.87. The molecule has 0 fully saturated rings. The maximum atomic E-state index is 13.9. The zero-order valence-corrected chi connectivity index (χ0v) is 25.4. The zero-order valence-electron chi connectivity index (χ0n) is 25.4. The SMILES string of the molecule is COC(=O)C(Cc1ccc(OCCN(C(=O)C(C)(C)C)c2cccc(F)c2)cc1)Nc1ccccc1C(=O)c1ccccc1. The first-order valence-corrected chi connectivity index (χ1v) is 14.4. The number of carbonyl (C=O) groups is 3. The standard InChI is InChI=1S/C36H37FN2O5/c1-36(2,3)35(42)39(28-14-10-13-27(37)24-28)21-22-44-29-19-17-25(18-20-29)23-32(34(41)43-4)38-31-16-9-8-15-30(31)33(40)26-11-6-5-7-12-26/h5-20,24,32,38H,21-23H2,1-4H3. The average Bonchev–Trinajstić information content (AvgIpc) is 3.02. The van der Waals surface area contributed by atoms with E-state index in [0.29, 0.717) is 34.7 Å². The van der Waals surface area contributed by atoms with E-state index in [4.69, 9.17) is 9.47 Å². The number of ether oxygens (including phenoxy) is 2. The van der Waals surface area contributed by atoms with E-state index >= 15 is 0 Å². The van der Waals surface area contributed by atoms with Crippen LogP contribution in [0.5, 0.6) is 5.75 Å². The molecule has 0 saturated carbocycles. The lowest BCUT2D eigenvalue weighted by atomic mass is 9.94. The van der Waals surface area contributed by atoms with Gasteiger partial charge < -0.3 is 19.7 Å². The Kier molecular flexibility index (Phi) is 10.5. The topological polar surface area (TPSA) is 84.9 Å². The number of para-hydroxylation sites is 1. The number of nitrogens with one attached hydrogen (secondary N) is 1. The summed E-state index contributed by atoms with van der Waals surface area (Å²) >= 11 is 0. The van der Waals surface area contributed by atoms with Crippen molar-refractivity contribution in [3.8, 4) is 5.75 Å². The van der Waals surface area contributed by atoms with Gasteiger partial charge >= 0.3 is 5.97 Å². The summed E-state index contributed by atoms with van der Waals surface area (Å²) in [7, 11) is 1.33. The minimum absolute atomic E-state index is 0.143. The van der Waals surface area contributed by atoms with Crippen molar-refractivity contribution in [2.24, 2.45) is 5.41 Å². The fourth-order valence-electron chi connectivity index (χ4n) is 4.68. The second-order valence-corrected chi connectivity index (χ2v) is 11.3. The van der Waals surface area contributed by atoms with Crippen LogP contribution in [-0.2, 0) is 20.7 Å². The van der Waals surface area contributed by atoms with Gasteiger partial charge in [-0.1, -0.05) is 81.4 Å². The second kappa shape index (κ2) is 14.5. The molecule has 228 valence electrons. The van der Waals surface area contributed by atoms with Crippen LogP contribution in [0.2, 0.25) is 0 Å². The third-order valence-corrected chi connectivity index (χ3v) is 6.98. The van der Waals surface area contributed by atoms with Crippen LogP contribution in [0.4, 0.5) is 15.8 Å². The first-order valence-electron chi connectivity index (χ1n) is 14.4. The van der Waals surface area contributed by atoms with Gasteiger partial charge in [0.2, 0.25) is 5.91 Å². The van der Waals surface area contributed by atoms with Crippen LogP contribution in [-0.4, -0.2) is 44.0 Å². The molecule has 0 aliphatic carbocycles. The summed E-state index contributed by atoms with van der Waals surface area (Å²) in [4.78, 5) is 40.6. The van der Waals surface area contributed by atoms with E-state index in [-0.39, 0.29) is 24.8 Å². The second-order valence-electron chi connectivity index (χ2n) is 11.3. The van der Waals surface area contributed by atoms with Gasteiger partial charge in [0.15, 0.2) is 5.78 Å². The van der Waals surface area contributed by atoms with E-state index in [2.05, 4.69) is 5.32 Å². The maximum Gasteiger partial charge on any atom is 0.328 e. The summed E-state index contributed by atoms with van der Waals surface area (Å²) < 4.78 is 24.9. The molecule has 4 rings (SSSR count). The van der Waals surface area contributed by atoms with E-state index in [0.717, 1.165) is 5.56 Å². The summed E-state index contributed by atoms with van der Waals surface area (Å²) in [5.74, 6) is -0.600. The Morgan fingerprint density at radius 3 is 2.20 bits per heavy atom. The summed E-state index contributed by atoms with van der Waals surface area (Å²) in [5, 5.41) is 3.21. The molecule has 0 aliphatic rings. The van der Waals surface area contributed by atoms with Gasteiger partial charge in [-0.3, -0.25) is 9.59 Å². The predicted octanol–water partition coefficient (Wildman–Crippen LogP) is 6.71. The number of esters is 1. The van der Waals surface area contributed by atoms with E-state index in [1.807, 2.05) is 39.0 Å². The Hall–Kier alpha value is -4.98. The lowest BCUT2D eigenvalue weighted by molar-refractivity contribution is -0.141. The molecule has 1 atom stereocenters. The van der Waals surface area contributed by atoms with Crippen LogP contribution in [0.1, 0.15) is 42.3 Å². The Balaban J connectivity index is 1.43. The molecule has 0 aliphatic heterocycles. The highest BCUT2D eigenvalue weighted by atomic mass is 19.1. The number of rotatable bonds is 12. The number of ketones is 1. The summed E-state index contributed by atoms with van der Waals surface area (Å²) in [6, 6.07) is 28.5. The van der Waals surface area contributed by atoms with Crippen molar-refractivity contribution in [3.05, 3.63) is 126 Å². The highest BCUT2D eigenvalue weighted by Crippen LogP contribution is 2.25. The minimum atomic E-state index is -0.750. The Morgan fingerprint density at radius 2 is 1.55 bits per heavy atom. The molecule has 0 heterocycles. The van der Waals surface area contributed by atoms with Crippen molar-refractivity contribution < 1.29 is 28.2 Å². The normalized spacial score (nSPS) is 11.8. The number of hydrogen-bond donors (Lipinski definition) is 1. The summed E-state index contributed by atoms with van der Waals surface area (Å²) in [5.41, 5.74) is 2.19. The van der Waals surface area contributed by atoms with E-state index in [1.54, 1.807) is 72.8 Å². The molecule has 7 nitrogen and oxygen atoms in total. The molecule has 0 bridgehead atoms. The Labute approximate surface area is 257 Å². The molecule has 1 unspecified atom stereocenters. The van der Waals surface area contributed by atoms with Gasteiger partial charge in [0, 0.05) is 34.3 Å². The van der Waals surface area contributed by atoms with Gasteiger partial charge in [0.05, 0.1) is 13.7 Å². The van der Waals surface area contributed by atoms with Crippen molar-refractivity contribution in [2.45, 2.75) is 33.2 Å². The molecule has 0 saturated heterocycles. The third kappa shape index (κ3) is 8.31. The quantitative estimate of drug-likeness (QED) is 0.145. The van der Waals surface area contributed by atoms with E-state index in [9.17, 15) is 18.8 Å². The lowest BCUT2D eigenvalue weighted by Crippen LogP contribution is -2.42. The van der Waals surface area contributed by atoms with Gasteiger partial charge in [0.25, 0.3) is 0 Å². The maximum absolute atomic E-state index is 13.9. The molecule has 44 heavy (non-hydrogen) atoms. The summed E-state index contributed by atoms with van der Waals surface area (Å²) in [6.07, 6.45) is 0.300. The molecule has 0 aromatic heterocycles. The molecule has 1 N–H and O–H groups in total. The average molecular weight is 597 g/mol. The minimum Gasteiger partial charge on any atom is -0.492 e. The van der Waals surface area contributed by atoms with Crippen LogP contribution >= 0.6 is 0 Å². The van der Waals surface area contributed by atoms with E-state index < -0.39 is 23.2 Å². The lowest BCUT2D eigenvalue weighted by Gasteiger charge is -2.29. The first kappa shape index (κ1) is 31.9. The number of halogens is 1. The smallest absolute Gasteiger partial charge is 0.328 e. The molecule has 4 aromatic rings. The van der Waals surface area contributed by atoms with Crippen LogP contribution in [0.25, 0.3) is 0 Å². The van der Waals surface area contributed by atoms with Gasteiger partial charge in [-0.25, -0.2) is 9.18 Å². The van der Waals surface area contributed by atoms with Crippen LogP contribution in [0.15, 0.2) is 103 Å². The largest absolute Gasteiger partial charge is 0.492 e. The number of amides is 1. The number of carbonyl (C=O) groups excluding carboxylic acids is 3. The highest BCUT2D eigenvalue weighted by Gasteiger charge is 2.28. The molecule has 0 radical (unpaired) electrons. The van der Waals surface area contributed by atoms with Crippen molar-refractivity contribution in [1.29, 1.82) is 0 Å². The predicted molar refractivity (Wildman–Crippen MR) is 170 cm³/mol. The van der Waals surface area contributed by atoms with Crippen LogP contribution < -0.4 is 15.0 Å². The number of nitrogens with zero attached hydrogens (tertiary/aromatic N) is 1. The van der Waals surface area contributed by atoms with Gasteiger partial charge in [-0.05, 0) is 48.0 Å². The number of benzene rings is 4. The Bertz CT molecular complexity index is 1580. The Morgan fingerprint density at radius 1 is 0.864 bits per heavy atom. The van der Waals surface area contributed by atoms with Crippen molar-refractivity contribution in [1.82, 2.24) is 0 Å². The van der Waals surface area contributed by atoms with Crippen molar-refractivity contribution in [2.75, 3.05) is 30.5 Å². The molecule has 1 amide bonds. The zero-order chi connectivity index (χ0) is 31.7. The van der Waals surface area contributed by atoms with Crippen LogP contribution in [0.3, 0.4) is 0 Å². The van der Waals surface area contributed by atoms with Crippen molar-refractivity contribution >= 4 is 29.0 Å². The number of hydrogen-bond acceptors (Lipinski definition) is 6. The molecule has 8 heteroatoms. The monoisotopic (exact) mass is 596 g/mol. The third-order valence-electron chi connectivity index (χ3n) is 6.98. The van der Waals surface area contributed by atoms with Gasteiger partial charge in [0.1, 0.15) is 24.2 Å². The fraction of sp³-hybridized carbons (Fsp3) is 0.250. The van der Waals surface area contributed by atoms with E-state index in [1.165, 1.54) is 24.1 Å². The number of anilines is 2.